The number of rotatable bonds is 8. The molecule has 110 valence electrons. The highest BCUT2D eigenvalue weighted by molar-refractivity contribution is 5.36. The van der Waals surface area contributed by atoms with Crippen LogP contribution in [0, 0.1) is 6.92 Å². The molecular formula is C20H30. The fourth-order valence-electron chi connectivity index (χ4n) is 2.68. The first-order valence-corrected chi connectivity index (χ1v) is 8.12. The van der Waals surface area contributed by atoms with Crippen LogP contribution in [0.5, 0.6) is 0 Å². The molecule has 1 rings (SSSR count). The lowest BCUT2D eigenvalue weighted by Crippen LogP contribution is -2.02. The zero-order chi connectivity index (χ0) is 14.8. The second-order valence-corrected chi connectivity index (χ2v) is 5.56. The van der Waals surface area contributed by atoms with Crippen LogP contribution in [0.1, 0.15) is 69.9 Å². The Morgan fingerprint density at radius 2 is 2.00 bits per heavy atom. The quantitative estimate of drug-likeness (QED) is 0.370. The molecule has 0 amide bonds. The van der Waals surface area contributed by atoms with Crippen LogP contribution >= 0.6 is 0 Å². The molecule has 1 atom stereocenters. The molecule has 0 aliphatic rings. The van der Waals surface area contributed by atoms with E-state index in [0.29, 0.717) is 5.92 Å². The predicted molar refractivity (Wildman–Crippen MR) is 91.3 cm³/mol. The van der Waals surface area contributed by atoms with Gasteiger partial charge in [0.25, 0.3) is 0 Å². The van der Waals surface area contributed by atoms with Gasteiger partial charge >= 0.3 is 0 Å². The molecule has 0 aromatic heterocycles. The van der Waals surface area contributed by atoms with E-state index in [-0.39, 0.29) is 0 Å². The Morgan fingerprint density at radius 3 is 2.60 bits per heavy atom. The first-order chi connectivity index (χ1) is 9.72. The van der Waals surface area contributed by atoms with Crippen LogP contribution in [-0.4, -0.2) is 0 Å². The average Bonchev–Trinajstić information content (AvgIpc) is 2.46. The van der Waals surface area contributed by atoms with Crippen LogP contribution in [0.25, 0.3) is 0 Å². The third-order valence-electron chi connectivity index (χ3n) is 3.82. The highest BCUT2D eigenvalue weighted by Gasteiger charge is 2.14. The molecule has 0 nitrogen and oxygen atoms in total. The largest absolute Gasteiger partial charge is 0.0845 e. The van der Waals surface area contributed by atoms with E-state index in [9.17, 15) is 0 Å². The highest BCUT2D eigenvalue weighted by atomic mass is 14.2. The minimum Gasteiger partial charge on any atom is -0.0845 e. The molecule has 0 saturated heterocycles. The molecule has 0 N–H and O–H groups in total. The summed E-state index contributed by atoms with van der Waals surface area (Å²) in [7, 11) is 0. The minimum absolute atomic E-state index is 0.550. The van der Waals surface area contributed by atoms with Gasteiger partial charge in [0.2, 0.25) is 0 Å². The molecule has 1 unspecified atom stereocenters. The zero-order valence-corrected chi connectivity index (χ0v) is 13.7. The molecule has 0 spiro atoms. The maximum atomic E-state index is 2.35. The van der Waals surface area contributed by atoms with E-state index in [1.54, 1.807) is 0 Å². The van der Waals surface area contributed by atoms with Gasteiger partial charge in [0.15, 0.2) is 0 Å². The molecule has 1 aromatic carbocycles. The van der Waals surface area contributed by atoms with Gasteiger partial charge in [-0.05, 0) is 37.8 Å². The zero-order valence-electron chi connectivity index (χ0n) is 13.7. The van der Waals surface area contributed by atoms with Crippen molar-refractivity contribution in [3.63, 3.8) is 0 Å². The molecule has 0 saturated carbocycles. The van der Waals surface area contributed by atoms with Crippen molar-refractivity contribution in [1.82, 2.24) is 0 Å². The Kier molecular flexibility index (Phi) is 8.02. The maximum absolute atomic E-state index is 2.35. The van der Waals surface area contributed by atoms with Gasteiger partial charge in [0, 0.05) is 5.92 Å². The van der Waals surface area contributed by atoms with Crippen molar-refractivity contribution < 1.29 is 0 Å². The van der Waals surface area contributed by atoms with Crippen molar-refractivity contribution >= 4 is 0 Å². The monoisotopic (exact) mass is 270 g/mol. The molecule has 0 heterocycles. The lowest BCUT2D eigenvalue weighted by molar-refractivity contribution is 0.617. The molecule has 1 aromatic rings. The van der Waals surface area contributed by atoms with E-state index in [1.165, 1.54) is 42.4 Å². The van der Waals surface area contributed by atoms with Gasteiger partial charge in [-0.1, -0.05) is 81.2 Å². The van der Waals surface area contributed by atoms with Gasteiger partial charge in [0.1, 0.15) is 0 Å². The lowest BCUT2D eigenvalue weighted by atomic mass is 9.85. The Morgan fingerprint density at radius 1 is 1.20 bits per heavy atom. The third-order valence-corrected chi connectivity index (χ3v) is 3.82. The fourth-order valence-corrected chi connectivity index (χ4v) is 2.68. The van der Waals surface area contributed by atoms with Crippen molar-refractivity contribution in [3.05, 3.63) is 59.2 Å². The van der Waals surface area contributed by atoms with Crippen LogP contribution < -0.4 is 0 Å². The van der Waals surface area contributed by atoms with Crippen LogP contribution in [0.4, 0.5) is 0 Å². The first kappa shape index (κ1) is 16.8. The van der Waals surface area contributed by atoms with Gasteiger partial charge in [-0.2, -0.15) is 0 Å². The number of unbranched alkanes of at least 4 members (excludes halogenated alkanes) is 2. The lowest BCUT2D eigenvalue weighted by Gasteiger charge is -2.19. The second-order valence-electron chi connectivity index (χ2n) is 5.56. The van der Waals surface area contributed by atoms with Crippen LogP contribution in [0.15, 0.2) is 48.1 Å². The van der Waals surface area contributed by atoms with E-state index >= 15 is 0 Å². The first-order valence-electron chi connectivity index (χ1n) is 8.12. The second kappa shape index (κ2) is 9.58. The van der Waals surface area contributed by atoms with Crippen molar-refractivity contribution in [2.24, 2.45) is 0 Å². The molecule has 0 heteroatoms. The smallest absolute Gasteiger partial charge is 0.00860 e. The molecule has 0 aliphatic heterocycles. The number of aryl methyl sites for hydroxylation is 1. The summed E-state index contributed by atoms with van der Waals surface area (Å²) in [4.78, 5) is 0. The fraction of sp³-hybridized carbons (Fsp3) is 0.500. The molecule has 0 bridgehead atoms. The van der Waals surface area contributed by atoms with E-state index in [0.717, 1.165) is 6.42 Å². The Balaban J connectivity index is 2.97. The summed E-state index contributed by atoms with van der Waals surface area (Å²) in [5.41, 5.74) is 4.29. The van der Waals surface area contributed by atoms with E-state index in [1.807, 2.05) is 0 Å². The predicted octanol–water partition coefficient (Wildman–Crippen LogP) is 6.57. The summed E-state index contributed by atoms with van der Waals surface area (Å²) in [6.45, 7) is 8.82. The number of allylic oxidation sites excluding steroid dienone is 4. The summed E-state index contributed by atoms with van der Waals surface area (Å²) < 4.78 is 0. The van der Waals surface area contributed by atoms with Gasteiger partial charge in [-0.3, -0.25) is 0 Å². The standard InChI is InChI=1S/C20H30/c1-5-8-10-15-20(18(7-3)13-9-6-2)19-14-11-12-17(4)16-19/h7,9,11-14,16,20H,5-6,8,10,15H2,1-4H3/b13-9-,18-7+. The van der Waals surface area contributed by atoms with Crippen molar-refractivity contribution in [2.75, 3.05) is 0 Å². The molecule has 20 heavy (non-hydrogen) atoms. The van der Waals surface area contributed by atoms with Crippen LogP contribution in [0.3, 0.4) is 0 Å². The molecule has 0 aliphatic carbocycles. The Hall–Kier alpha value is -1.30. The van der Waals surface area contributed by atoms with Gasteiger partial charge in [0.05, 0.1) is 0 Å². The number of benzene rings is 1. The van der Waals surface area contributed by atoms with Crippen LogP contribution in [0.2, 0.25) is 0 Å². The summed E-state index contributed by atoms with van der Waals surface area (Å²) in [5.74, 6) is 0.550. The molecule has 0 fully saturated rings. The Labute approximate surface area is 125 Å². The van der Waals surface area contributed by atoms with Gasteiger partial charge in [-0.25, -0.2) is 0 Å². The Bertz CT molecular complexity index is 437. The molecule has 0 radical (unpaired) electrons. The van der Waals surface area contributed by atoms with Gasteiger partial charge < -0.3 is 0 Å². The maximum Gasteiger partial charge on any atom is 0.00860 e. The molecular weight excluding hydrogens is 240 g/mol. The van der Waals surface area contributed by atoms with E-state index in [4.69, 9.17) is 0 Å². The van der Waals surface area contributed by atoms with E-state index < -0.39 is 0 Å². The number of hydrogen-bond donors (Lipinski definition) is 0. The average molecular weight is 270 g/mol. The summed E-state index contributed by atoms with van der Waals surface area (Å²) in [5, 5.41) is 0. The van der Waals surface area contributed by atoms with Gasteiger partial charge in [-0.15, -0.1) is 0 Å². The van der Waals surface area contributed by atoms with E-state index in [2.05, 4.69) is 70.2 Å². The van der Waals surface area contributed by atoms with Crippen molar-refractivity contribution in [1.29, 1.82) is 0 Å². The normalized spacial score (nSPS) is 13.9. The van der Waals surface area contributed by atoms with Crippen LogP contribution in [-0.2, 0) is 0 Å². The highest BCUT2D eigenvalue weighted by Crippen LogP contribution is 2.31. The minimum atomic E-state index is 0.550. The summed E-state index contributed by atoms with van der Waals surface area (Å²) in [6.07, 6.45) is 13.2. The summed E-state index contributed by atoms with van der Waals surface area (Å²) in [6, 6.07) is 9.00. The SMILES string of the molecule is C/C=C(\C=C/CC)C(CCCCC)c1cccc(C)c1. The summed E-state index contributed by atoms with van der Waals surface area (Å²) >= 11 is 0. The van der Waals surface area contributed by atoms with Crippen molar-refractivity contribution in [2.45, 2.75) is 65.7 Å². The topological polar surface area (TPSA) is 0 Å². The number of hydrogen-bond acceptors (Lipinski definition) is 0. The van der Waals surface area contributed by atoms with Crippen molar-refractivity contribution in [3.8, 4) is 0 Å². The third kappa shape index (κ3) is 5.36.